The predicted octanol–water partition coefficient (Wildman–Crippen LogP) is 3.84. The van der Waals surface area contributed by atoms with E-state index in [2.05, 4.69) is 26.4 Å². The minimum absolute atomic E-state index is 0.134. The van der Waals surface area contributed by atoms with Crippen LogP contribution in [0.4, 0.5) is 23.7 Å². The molecular formula is C32H37F3N8O3S. The predicted molar refractivity (Wildman–Crippen MR) is 171 cm³/mol. The first-order valence-corrected chi connectivity index (χ1v) is 16.9. The molecule has 0 radical (unpaired) electrons. The van der Waals surface area contributed by atoms with Crippen LogP contribution in [0.25, 0.3) is 5.70 Å². The fourth-order valence-electron chi connectivity index (χ4n) is 6.06. The van der Waals surface area contributed by atoms with Gasteiger partial charge in [-0.1, -0.05) is 24.3 Å². The van der Waals surface area contributed by atoms with E-state index in [1.165, 1.54) is 15.2 Å². The molecule has 6 rings (SSSR count). The van der Waals surface area contributed by atoms with Gasteiger partial charge in [-0.25, -0.2) is 13.2 Å². The first-order valence-electron chi connectivity index (χ1n) is 15.5. The SMILES string of the molecule is CNCc1ccc(N2C=C3C=C(c4ccc(S(=O)(=O)N(CCCn5ccc(C(F)(F)F)n5)C5CCNCC5)cc4)NC3NC2=O)cc1. The summed E-state index contributed by atoms with van der Waals surface area (Å²) in [6.45, 7) is 2.38. The highest BCUT2D eigenvalue weighted by Gasteiger charge is 2.35. The molecular weight excluding hydrogens is 633 g/mol. The number of urea groups is 1. The summed E-state index contributed by atoms with van der Waals surface area (Å²) >= 11 is 0. The average Bonchev–Trinajstić information content (AvgIpc) is 3.71. The van der Waals surface area contributed by atoms with E-state index in [0.29, 0.717) is 32.4 Å². The van der Waals surface area contributed by atoms with Crippen molar-refractivity contribution in [2.24, 2.45) is 0 Å². The van der Waals surface area contributed by atoms with E-state index in [0.717, 1.165) is 40.7 Å². The number of carbonyl (C=O) groups is 1. The number of anilines is 1. The Morgan fingerprint density at radius 3 is 2.40 bits per heavy atom. The van der Waals surface area contributed by atoms with E-state index in [1.807, 2.05) is 37.4 Å². The quantitative estimate of drug-likeness (QED) is 0.245. The molecule has 0 spiro atoms. The number of benzene rings is 2. The van der Waals surface area contributed by atoms with Crippen molar-refractivity contribution in [2.75, 3.05) is 31.6 Å². The van der Waals surface area contributed by atoms with Crippen LogP contribution >= 0.6 is 0 Å². The van der Waals surface area contributed by atoms with Crippen molar-refractivity contribution >= 4 is 27.4 Å². The van der Waals surface area contributed by atoms with Crippen LogP contribution in [0.1, 0.15) is 36.1 Å². The van der Waals surface area contributed by atoms with Gasteiger partial charge in [0, 0.05) is 49.3 Å². The number of halogens is 3. The van der Waals surface area contributed by atoms with Gasteiger partial charge in [0.1, 0.15) is 6.17 Å². The van der Waals surface area contributed by atoms with E-state index in [9.17, 15) is 26.4 Å². The van der Waals surface area contributed by atoms with E-state index in [-0.39, 0.29) is 30.1 Å². The summed E-state index contributed by atoms with van der Waals surface area (Å²) in [5.41, 5.74) is 3.21. The van der Waals surface area contributed by atoms with Crippen molar-refractivity contribution < 1.29 is 26.4 Å². The van der Waals surface area contributed by atoms with Crippen molar-refractivity contribution in [1.82, 2.24) is 35.4 Å². The number of hydrogen-bond acceptors (Lipinski definition) is 7. The molecule has 1 fully saturated rings. The second-order valence-electron chi connectivity index (χ2n) is 11.7. The summed E-state index contributed by atoms with van der Waals surface area (Å²) in [4.78, 5) is 14.6. The average molecular weight is 671 g/mol. The highest BCUT2D eigenvalue weighted by atomic mass is 32.2. The molecule has 3 aromatic rings. The van der Waals surface area contributed by atoms with Gasteiger partial charge in [0.15, 0.2) is 5.69 Å². The summed E-state index contributed by atoms with van der Waals surface area (Å²) in [5, 5.41) is 16.2. The molecule has 4 N–H and O–H groups in total. The van der Waals surface area contributed by atoms with Crippen LogP contribution in [0.3, 0.4) is 0 Å². The number of sulfonamides is 1. The molecule has 0 saturated carbocycles. The maximum Gasteiger partial charge on any atom is 0.435 e. The Kier molecular flexibility index (Phi) is 9.41. The largest absolute Gasteiger partial charge is 0.435 e. The van der Waals surface area contributed by atoms with Crippen LogP contribution in [-0.4, -0.2) is 67.4 Å². The number of aryl methyl sites for hydroxylation is 1. The number of rotatable bonds is 11. The van der Waals surface area contributed by atoms with Crippen LogP contribution in [0.15, 0.2) is 83.5 Å². The van der Waals surface area contributed by atoms with Gasteiger partial charge in [0.05, 0.1) is 10.6 Å². The third-order valence-corrected chi connectivity index (χ3v) is 10.5. The molecule has 2 aromatic carbocycles. The molecule has 3 aliphatic rings. The number of aromatic nitrogens is 2. The number of amides is 2. The monoisotopic (exact) mass is 670 g/mol. The maximum atomic E-state index is 14.0. The molecule has 250 valence electrons. The van der Waals surface area contributed by atoms with Crippen molar-refractivity contribution in [3.8, 4) is 0 Å². The Balaban J connectivity index is 1.16. The summed E-state index contributed by atoms with van der Waals surface area (Å²) in [6, 6.07) is 14.7. The Hall–Kier alpha value is -4.18. The zero-order chi connectivity index (χ0) is 33.2. The molecule has 0 aliphatic carbocycles. The fraction of sp³-hybridized carbons (Fsp3) is 0.375. The summed E-state index contributed by atoms with van der Waals surface area (Å²) < 4.78 is 69.5. The first-order chi connectivity index (χ1) is 22.5. The van der Waals surface area contributed by atoms with Crippen LogP contribution in [-0.2, 0) is 29.3 Å². The van der Waals surface area contributed by atoms with Gasteiger partial charge in [-0.15, -0.1) is 0 Å². The topological polar surface area (TPSA) is 124 Å². The molecule has 0 bridgehead atoms. The van der Waals surface area contributed by atoms with E-state index in [1.54, 1.807) is 35.4 Å². The molecule has 2 amide bonds. The van der Waals surface area contributed by atoms with E-state index >= 15 is 0 Å². The lowest BCUT2D eigenvalue weighted by molar-refractivity contribution is -0.141. The van der Waals surface area contributed by atoms with Crippen molar-refractivity contribution in [2.45, 2.75) is 55.6 Å². The lowest BCUT2D eigenvalue weighted by atomic mass is 10.1. The normalized spacial score (nSPS) is 18.9. The minimum atomic E-state index is -4.53. The van der Waals surface area contributed by atoms with Crippen LogP contribution in [0.2, 0.25) is 0 Å². The third-order valence-electron chi connectivity index (χ3n) is 8.49. The van der Waals surface area contributed by atoms with Crippen molar-refractivity contribution in [3.05, 3.63) is 95.5 Å². The van der Waals surface area contributed by atoms with Crippen LogP contribution in [0, 0.1) is 0 Å². The molecule has 1 unspecified atom stereocenters. The van der Waals surface area contributed by atoms with Gasteiger partial charge in [-0.2, -0.15) is 22.6 Å². The maximum absolute atomic E-state index is 14.0. The van der Waals surface area contributed by atoms with E-state index in [4.69, 9.17) is 0 Å². The molecule has 3 aliphatic heterocycles. The number of nitrogens with one attached hydrogen (secondary N) is 4. The van der Waals surface area contributed by atoms with Gasteiger partial charge in [0.2, 0.25) is 10.0 Å². The standard InChI is InChI=1S/C32H37F3N8O3S/c1-36-20-22-3-7-25(8-4-22)42-21-24-19-28(38-30(24)39-31(42)44)23-5-9-27(10-6-23)47(45,46)43(26-11-14-37-15-12-26)17-2-16-41-18-13-29(40-41)32(33,34)35/h3-10,13,18-19,21,26,30,36-38H,2,11-12,14-17,20H2,1H3,(H,39,44). The highest BCUT2D eigenvalue weighted by Crippen LogP contribution is 2.30. The van der Waals surface area contributed by atoms with Gasteiger partial charge < -0.3 is 21.3 Å². The summed E-state index contributed by atoms with van der Waals surface area (Å²) in [7, 11) is -2.04. The molecule has 1 aromatic heterocycles. The lowest BCUT2D eigenvalue weighted by Crippen LogP contribution is -2.51. The number of carbonyl (C=O) groups excluding carboxylic acids is 1. The van der Waals surface area contributed by atoms with Crippen LogP contribution < -0.4 is 26.2 Å². The number of fused-ring (bicyclic) bond motifs is 1. The van der Waals surface area contributed by atoms with E-state index < -0.39 is 28.1 Å². The van der Waals surface area contributed by atoms with Gasteiger partial charge in [0.25, 0.3) is 0 Å². The second kappa shape index (κ2) is 13.5. The molecule has 4 heterocycles. The highest BCUT2D eigenvalue weighted by molar-refractivity contribution is 7.89. The number of nitrogens with zero attached hydrogens (tertiary/aromatic N) is 4. The lowest BCUT2D eigenvalue weighted by Gasteiger charge is -2.34. The second-order valence-corrected chi connectivity index (χ2v) is 13.6. The molecule has 15 heteroatoms. The third kappa shape index (κ3) is 7.22. The molecule has 11 nitrogen and oxygen atoms in total. The zero-order valence-corrected chi connectivity index (χ0v) is 26.6. The van der Waals surface area contributed by atoms with Crippen molar-refractivity contribution in [1.29, 1.82) is 0 Å². The Bertz CT molecular complexity index is 1750. The van der Waals surface area contributed by atoms with Gasteiger partial charge in [-0.05, 0) is 86.9 Å². The smallest absolute Gasteiger partial charge is 0.361 e. The van der Waals surface area contributed by atoms with Gasteiger partial charge >= 0.3 is 12.2 Å². The molecule has 1 atom stereocenters. The number of hydrogen-bond donors (Lipinski definition) is 4. The number of alkyl halides is 3. The Labute approximate surface area is 271 Å². The Morgan fingerprint density at radius 1 is 1.02 bits per heavy atom. The first kappa shape index (κ1) is 32.7. The summed E-state index contributed by atoms with van der Waals surface area (Å²) in [5.74, 6) is 0. The summed E-state index contributed by atoms with van der Waals surface area (Å²) in [6.07, 6.45) is 1.59. The zero-order valence-electron chi connectivity index (χ0n) is 25.8. The number of piperidine rings is 1. The Morgan fingerprint density at radius 2 is 1.74 bits per heavy atom. The molecule has 1 saturated heterocycles. The minimum Gasteiger partial charge on any atom is -0.361 e. The fourth-order valence-corrected chi connectivity index (χ4v) is 7.78. The molecule has 47 heavy (non-hydrogen) atoms. The van der Waals surface area contributed by atoms with Crippen molar-refractivity contribution in [3.63, 3.8) is 0 Å². The van der Waals surface area contributed by atoms with Crippen LogP contribution in [0.5, 0.6) is 0 Å². The van der Waals surface area contributed by atoms with Gasteiger partial charge in [-0.3, -0.25) is 9.58 Å².